The molecule has 0 spiro atoms. The van der Waals surface area contributed by atoms with Gasteiger partial charge in [-0.2, -0.15) is 4.98 Å². The van der Waals surface area contributed by atoms with E-state index in [9.17, 15) is 4.79 Å². The van der Waals surface area contributed by atoms with Crippen molar-refractivity contribution >= 4 is 40.2 Å². The number of benzene rings is 3. The third-order valence-corrected chi connectivity index (χ3v) is 5.35. The summed E-state index contributed by atoms with van der Waals surface area (Å²) in [5, 5.41) is 5.89. The second-order valence-electron chi connectivity index (χ2n) is 7.63. The zero-order valence-electron chi connectivity index (χ0n) is 18.5. The normalized spacial score (nSPS) is 10.6. The number of nitrogens with one attached hydrogen (secondary N) is 2. The molecular weight excluding hydrogens is 460 g/mol. The number of pyridine rings is 1. The quantitative estimate of drug-likeness (QED) is 0.306. The first kappa shape index (κ1) is 22.2. The minimum absolute atomic E-state index is 0.193. The standard InChI is InChI=1S/C27H20N4O3S/c32-25(19-10-14-22(15-11-19)33-17-18-5-2-1-3-6-18)31-27(35)29-21-12-8-20(9-13-21)26-30-24-23(34-26)7-4-16-28-24/h1-16H,17H2,(H2,29,31,32,35). The van der Waals surface area contributed by atoms with Crippen LogP contribution in [0.25, 0.3) is 22.7 Å². The number of carbonyl (C=O) groups is 1. The maximum Gasteiger partial charge on any atom is 0.257 e. The van der Waals surface area contributed by atoms with Gasteiger partial charge in [0.2, 0.25) is 5.89 Å². The summed E-state index contributed by atoms with van der Waals surface area (Å²) in [6.07, 6.45) is 1.67. The van der Waals surface area contributed by atoms with E-state index in [2.05, 4.69) is 20.6 Å². The number of anilines is 1. The number of carbonyl (C=O) groups excluding carboxylic acids is 1. The molecule has 0 bridgehead atoms. The second-order valence-corrected chi connectivity index (χ2v) is 8.04. The summed E-state index contributed by atoms with van der Waals surface area (Å²) in [5.41, 5.74) is 4.26. The van der Waals surface area contributed by atoms with Crippen LogP contribution in [0, 0.1) is 0 Å². The van der Waals surface area contributed by atoms with Crippen molar-refractivity contribution in [1.29, 1.82) is 0 Å². The Morgan fingerprint density at radius 3 is 2.43 bits per heavy atom. The summed E-state index contributed by atoms with van der Waals surface area (Å²) in [6, 6.07) is 27.8. The number of oxazole rings is 1. The number of rotatable bonds is 6. The van der Waals surface area contributed by atoms with Crippen molar-refractivity contribution in [3.63, 3.8) is 0 Å². The Hall–Kier alpha value is -4.56. The molecule has 8 heteroatoms. The lowest BCUT2D eigenvalue weighted by Gasteiger charge is -2.11. The molecule has 2 N–H and O–H groups in total. The van der Waals surface area contributed by atoms with Crippen LogP contribution in [0.15, 0.2) is 102 Å². The zero-order valence-corrected chi connectivity index (χ0v) is 19.3. The van der Waals surface area contributed by atoms with Gasteiger partial charge < -0.3 is 14.5 Å². The maximum atomic E-state index is 12.6. The lowest BCUT2D eigenvalue weighted by Crippen LogP contribution is -2.34. The Kier molecular flexibility index (Phi) is 6.45. The van der Waals surface area contributed by atoms with E-state index < -0.39 is 0 Å². The second kappa shape index (κ2) is 10.1. The summed E-state index contributed by atoms with van der Waals surface area (Å²) in [5.74, 6) is 0.853. The lowest BCUT2D eigenvalue weighted by molar-refractivity contribution is 0.0977. The van der Waals surface area contributed by atoms with Gasteiger partial charge in [0, 0.05) is 23.0 Å². The van der Waals surface area contributed by atoms with E-state index in [0.29, 0.717) is 35.0 Å². The van der Waals surface area contributed by atoms with Gasteiger partial charge in [-0.1, -0.05) is 30.3 Å². The van der Waals surface area contributed by atoms with Crippen molar-refractivity contribution < 1.29 is 13.9 Å². The van der Waals surface area contributed by atoms with Gasteiger partial charge in [0.25, 0.3) is 5.91 Å². The van der Waals surface area contributed by atoms with E-state index >= 15 is 0 Å². The van der Waals surface area contributed by atoms with Crippen LogP contribution in [0.5, 0.6) is 5.75 Å². The van der Waals surface area contributed by atoms with Crippen LogP contribution in [-0.4, -0.2) is 21.0 Å². The molecule has 172 valence electrons. The Bertz CT molecular complexity index is 1430. The molecule has 5 aromatic rings. The smallest absolute Gasteiger partial charge is 0.257 e. The molecule has 0 atom stereocenters. The molecule has 7 nitrogen and oxygen atoms in total. The molecule has 0 fully saturated rings. The molecule has 0 aliphatic carbocycles. The van der Waals surface area contributed by atoms with Crippen LogP contribution in [0.1, 0.15) is 15.9 Å². The number of fused-ring (bicyclic) bond motifs is 1. The number of ether oxygens (including phenoxy) is 1. The average molecular weight is 481 g/mol. The van der Waals surface area contributed by atoms with E-state index in [1.165, 1.54) is 0 Å². The molecule has 0 aliphatic rings. The van der Waals surface area contributed by atoms with Crippen molar-refractivity contribution in [2.75, 3.05) is 5.32 Å². The van der Waals surface area contributed by atoms with Gasteiger partial charge in [0.1, 0.15) is 12.4 Å². The Morgan fingerprint density at radius 2 is 1.69 bits per heavy atom. The van der Waals surface area contributed by atoms with Gasteiger partial charge in [0.05, 0.1) is 0 Å². The highest BCUT2D eigenvalue weighted by Gasteiger charge is 2.11. The highest BCUT2D eigenvalue weighted by molar-refractivity contribution is 7.80. The van der Waals surface area contributed by atoms with Gasteiger partial charge in [-0.3, -0.25) is 10.1 Å². The molecule has 2 heterocycles. The fourth-order valence-electron chi connectivity index (χ4n) is 3.37. The van der Waals surface area contributed by atoms with Crippen LogP contribution in [0.2, 0.25) is 0 Å². The average Bonchev–Trinajstić information content (AvgIpc) is 3.33. The van der Waals surface area contributed by atoms with Crippen LogP contribution < -0.4 is 15.4 Å². The number of hydrogen-bond acceptors (Lipinski definition) is 6. The highest BCUT2D eigenvalue weighted by atomic mass is 32.1. The van der Waals surface area contributed by atoms with Crippen molar-refractivity contribution in [3.8, 4) is 17.2 Å². The van der Waals surface area contributed by atoms with E-state index in [-0.39, 0.29) is 11.0 Å². The summed E-state index contributed by atoms with van der Waals surface area (Å²) >= 11 is 5.30. The fraction of sp³-hybridized carbons (Fsp3) is 0.0370. The van der Waals surface area contributed by atoms with Crippen molar-refractivity contribution in [3.05, 3.63) is 108 Å². The summed E-state index contributed by atoms with van der Waals surface area (Å²) < 4.78 is 11.5. The van der Waals surface area contributed by atoms with Crippen LogP contribution in [0.3, 0.4) is 0 Å². The Morgan fingerprint density at radius 1 is 0.914 bits per heavy atom. The first-order chi connectivity index (χ1) is 17.1. The zero-order chi connectivity index (χ0) is 24.0. The first-order valence-corrected chi connectivity index (χ1v) is 11.3. The molecule has 1 amide bonds. The number of hydrogen-bond donors (Lipinski definition) is 2. The third-order valence-electron chi connectivity index (χ3n) is 5.15. The van der Waals surface area contributed by atoms with E-state index in [0.717, 1.165) is 16.8 Å². The van der Waals surface area contributed by atoms with Crippen molar-refractivity contribution in [1.82, 2.24) is 15.3 Å². The van der Waals surface area contributed by atoms with Crippen molar-refractivity contribution in [2.24, 2.45) is 0 Å². The molecule has 3 aromatic carbocycles. The SMILES string of the molecule is O=C(NC(=S)Nc1ccc(-c2nc3ncccc3o2)cc1)c1ccc(OCc2ccccc2)cc1. The first-order valence-electron chi connectivity index (χ1n) is 10.9. The van der Waals surface area contributed by atoms with Gasteiger partial charge in [-0.05, 0) is 78.4 Å². The van der Waals surface area contributed by atoms with Crippen LogP contribution >= 0.6 is 12.2 Å². The Labute approximate surface area is 206 Å². The molecule has 0 saturated heterocycles. The molecule has 0 radical (unpaired) electrons. The minimum Gasteiger partial charge on any atom is -0.489 e. The van der Waals surface area contributed by atoms with E-state index in [1.807, 2.05) is 60.7 Å². The number of thiocarbonyl (C=S) groups is 1. The van der Waals surface area contributed by atoms with Gasteiger partial charge in [-0.15, -0.1) is 0 Å². The molecule has 0 saturated carbocycles. The molecule has 5 rings (SSSR count). The predicted octanol–water partition coefficient (Wildman–Crippen LogP) is 5.60. The maximum absolute atomic E-state index is 12.6. The number of nitrogens with zero attached hydrogens (tertiary/aromatic N) is 2. The minimum atomic E-state index is -0.312. The highest BCUT2D eigenvalue weighted by Crippen LogP contribution is 2.24. The summed E-state index contributed by atoms with van der Waals surface area (Å²) in [6.45, 7) is 0.461. The largest absolute Gasteiger partial charge is 0.489 e. The van der Waals surface area contributed by atoms with E-state index in [1.54, 1.807) is 36.5 Å². The van der Waals surface area contributed by atoms with Gasteiger partial charge in [0.15, 0.2) is 16.3 Å². The third kappa shape index (κ3) is 5.51. The predicted molar refractivity (Wildman–Crippen MR) is 138 cm³/mol. The van der Waals surface area contributed by atoms with E-state index in [4.69, 9.17) is 21.4 Å². The van der Waals surface area contributed by atoms with Crippen LogP contribution in [0.4, 0.5) is 5.69 Å². The summed E-state index contributed by atoms with van der Waals surface area (Å²) in [4.78, 5) is 21.1. The number of amides is 1. The van der Waals surface area contributed by atoms with Gasteiger partial charge in [-0.25, -0.2) is 4.98 Å². The molecule has 35 heavy (non-hydrogen) atoms. The monoisotopic (exact) mass is 480 g/mol. The molecule has 0 aliphatic heterocycles. The molecule has 0 unspecified atom stereocenters. The Balaban J connectivity index is 1.15. The van der Waals surface area contributed by atoms with Crippen LogP contribution in [-0.2, 0) is 6.61 Å². The lowest BCUT2D eigenvalue weighted by atomic mass is 10.2. The van der Waals surface area contributed by atoms with Crippen molar-refractivity contribution in [2.45, 2.75) is 6.61 Å². The summed E-state index contributed by atoms with van der Waals surface area (Å²) in [7, 11) is 0. The number of aromatic nitrogens is 2. The van der Waals surface area contributed by atoms with Gasteiger partial charge >= 0.3 is 0 Å². The topological polar surface area (TPSA) is 89.3 Å². The molecule has 2 aromatic heterocycles. The fourth-order valence-corrected chi connectivity index (χ4v) is 3.58. The molecular formula is C27H20N4O3S.